The Kier molecular flexibility index (Phi) is 3.63. The number of anilines is 1. The zero-order chi connectivity index (χ0) is 17.7. The summed E-state index contributed by atoms with van der Waals surface area (Å²) in [6, 6.07) is 4.57. The summed E-state index contributed by atoms with van der Waals surface area (Å²) in [4.78, 5) is 6.24. The van der Waals surface area contributed by atoms with Gasteiger partial charge in [0.1, 0.15) is 5.82 Å². The van der Waals surface area contributed by atoms with Gasteiger partial charge >= 0.3 is 0 Å². The minimum Gasteiger partial charge on any atom is -0.352 e. The van der Waals surface area contributed by atoms with Crippen LogP contribution in [-0.4, -0.2) is 65.9 Å². The zero-order valence-corrected chi connectivity index (χ0v) is 15.2. The van der Waals surface area contributed by atoms with E-state index in [-0.39, 0.29) is 0 Å². The molecule has 1 aliphatic carbocycles. The predicted octanol–water partition coefficient (Wildman–Crippen LogP) is 0.841. The number of hydrogen-bond acceptors (Lipinski definition) is 7. The molecular weight excluding hydrogens is 330 g/mol. The van der Waals surface area contributed by atoms with Crippen molar-refractivity contribution in [2.24, 2.45) is 7.05 Å². The van der Waals surface area contributed by atoms with Gasteiger partial charge in [0.15, 0.2) is 11.5 Å². The molecule has 9 nitrogen and oxygen atoms in total. The summed E-state index contributed by atoms with van der Waals surface area (Å²) < 4.78 is 1.94. The number of rotatable bonds is 5. The largest absolute Gasteiger partial charge is 0.352 e. The first kappa shape index (κ1) is 15.7. The lowest BCUT2D eigenvalue weighted by atomic mass is 9.85. The first-order valence-corrected chi connectivity index (χ1v) is 9.20. The molecular formula is C17H23N9. The molecule has 3 aromatic heterocycles. The Hall–Kier alpha value is -2.55. The lowest BCUT2D eigenvalue weighted by molar-refractivity contribution is 0.194. The van der Waals surface area contributed by atoms with Gasteiger partial charge in [-0.25, -0.2) is 0 Å². The summed E-state index contributed by atoms with van der Waals surface area (Å²) >= 11 is 0. The third-order valence-electron chi connectivity index (χ3n) is 5.61. The van der Waals surface area contributed by atoms with Crippen molar-refractivity contribution in [2.45, 2.75) is 37.8 Å². The molecule has 1 saturated heterocycles. The molecule has 2 fully saturated rings. The highest BCUT2D eigenvalue weighted by Crippen LogP contribution is 2.35. The predicted molar refractivity (Wildman–Crippen MR) is 95.8 cm³/mol. The van der Waals surface area contributed by atoms with E-state index in [1.807, 2.05) is 29.9 Å². The molecule has 1 aliphatic heterocycles. The second-order valence-electron chi connectivity index (χ2n) is 7.45. The fourth-order valence-electron chi connectivity index (χ4n) is 3.65. The van der Waals surface area contributed by atoms with Crippen molar-refractivity contribution >= 4 is 11.5 Å². The van der Waals surface area contributed by atoms with Crippen LogP contribution < -0.4 is 4.90 Å². The smallest absolute Gasteiger partial charge is 0.178 e. The summed E-state index contributed by atoms with van der Waals surface area (Å²) in [6.07, 6.45) is 5.51. The van der Waals surface area contributed by atoms with Crippen LogP contribution in [-0.2, 0) is 13.6 Å². The first-order chi connectivity index (χ1) is 12.7. The summed E-state index contributed by atoms with van der Waals surface area (Å²) in [5.41, 5.74) is 1.84. The van der Waals surface area contributed by atoms with E-state index in [0.29, 0.717) is 12.0 Å². The number of hydrogen-bond donors (Lipinski definition) is 0. The highest BCUT2D eigenvalue weighted by Gasteiger charge is 2.32. The third-order valence-corrected chi connectivity index (χ3v) is 5.61. The van der Waals surface area contributed by atoms with E-state index in [9.17, 15) is 0 Å². The van der Waals surface area contributed by atoms with Crippen LogP contribution in [0.25, 0.3) is 5.65 Å². The molecule has 5 rings (SSSR count). The molecule has 136 valence electrons. The molecule has 0 radical (unpaired) electrons. The minimum atomic E-state index is 0.501. The normalized spacial score (nSPS) is 18.5. The lowest BCUT2D eigenvalue weighted by Crippen LogP contribution is -2.58. The van der Waals surface area contributed by atoms with Gasteiger partial charge in [-0.2, -0.15) is 19.5 Å². The van der Waals surface area contributed by atoms with E-state index in [4.69, 9.17) is 5.10 Å². The Balaban J connectivity index is 1.26. The van der Waals surface area contributed by atoms with E-state index >= 15 is 0 Å². The van der Waals surface area contributed by atoms with Crippen molar-refractivity contribution < 1.29 is 0 Å². The van der Waals surface area contributed by atoms with Crippen LogP contribution >= 0.6 is 0 Å². The number of aromatic nitrogens is 7. The standard InChI is InChI=1S/C17H23N9/c1-23(9-13-8-18-24(2)21-13)14-10-25(11-14)16-7-6-15-19-20-17(26(15)22-16)12-4-3-5-12/h6-8,12,14H,3-5,9-11H2,1-2H3. The van der Waals surface area contributed by atoms with Gasteiger partial charge in [-0.3, -0.25) is 4.90 Å². The molecule has 4 heterocycles. The maximum atomic E-state index is 4.81. The van der Waals surface area contributed by atoms with Gasteiger partial charge in [0.05, 0.1) is 11.9 Å². The molecule has 0 N–H and O–H groups in total. The van der Waals surface area contributed by atoms with Crippen LogP contribution in [0.3, 0.4) is 0 Å². The van der Waals surface area contributed by atoms with Crippen LogP contribution in [0.1, 0.15) is 36.7 Å². The second-order valence-corrected chi connectivity index (χ2v) is 7.45. The number of likely N-dealkylation sites (N-methyl/N-ethyl adjacent to an activating group) is 1. The van der Waals surface area contributed by atoms with Gasteiger partial charge in [0.25, 0.3) is 0 Å². The van der Waals surface area contributed by atoms with Gasteiger partial charge < -0.3 is 4.90 Å². The quantitative estimate of drug-likeness (QED) is 0.672. The molecule has 0 bridgehead atoms. The van der Waals surface area contributed by atoms with E-state index < -0.39 is 0 Å². The number of nitrogens with zero attached hydrogens (tertiary/aromatic N) is 9. The molecule has 0 atom stereocenters. The van der Waals surface area contributed by atoms with Crippen molar-refractivity contribution in [3.8, 4) is 0 Å². The highest BCUT2D eigenvalue weighted by atomic mass is 15.5. The van der Waals surface area contributed by atoms with E-state index in [1.165, 1.54) is 19.3 Å². The summed E-state index contributed by atoms with van der Waals surface area (Å²) in [5, 5.41) is 21.9. The topological polar surface area (TPSA) is 80.3 Å². The Morgan fingerprint density at radius 1 is 1.15 bits per heavy atom. The number of aryl methyl sites for hydroxylation is 1. The third kappa shape index (κ3) is 2.63. The Bertz CT molecular complexity index is 919. The van der Waals surface area contributed by atoms with Gasteiger partial charge in [0, 0.05) is 38.6 Å². The van der Waals surface area contributed by atoms with Crippen molar-refractivity contribution in [3.05, 3.63) is 29.8 Å². The molecule has 0 amide bonds. The summed E-state index contributed by atoms with van der Waals surface area (Å²) in [7, 11) is 3.99. The van der Waals surface area contributed by atoms with Gasteiger partial charge in [-0.05, 0) is 32.0 Å². The molecule has 3 aromatic rings. The molecule has 26 heavy (non-hydrogen) atoms. The summed E-state index contributed by atoms with van der Waals surface area (Å²) in [6.45, 7) is 2.75. The maximum absolute atomic E-state index is 4.81. The van der Waals surface area contributed by atoms with Crippen LogP contribution in [0.2, 0.25) is 0 Å². The molecule has 0 spiro atoms. The lowest BCUT2D eigenvalue weighted by Gasteiger charge is -2.44. The zero-order valence-electron chi connectivity index (χ0n) is 15.2. The average molecular weight is 353 g/mol. The van der Waals surface area contributed by atoms with Crippen molar-refractivity contribution in [1.82, 2.24) is 39.7 Å². The van der Waals surface area contributed by atoms with Crippen LogP contribution in [0.4, 0.5) is 5.82 Å². The number of fused-ring (bicyclic) bond motifs is 1. The summed E-state index contributed by atoms with van der Waals surface area (Å²) in [5.74, 6) is 2.54. The fraction of sp³-hybridized carbons (Fsp3) is 0.588. The average Bonchev–Trinajstić information content (AvgIpc) is 3.11. The van der Waals surface area contributed by atoms with Crippen LogP contribution in [0.15, 0.2) is 18.3 Å². The highest BCUT2D eigenvalue weighted by molar-refractivity contribution is 5.48. The van der Waals surface area contributed by atoms with E-state index in [2.05, 4.69) is 37.2 Å². The Morgan fingerprint density at radius 3 is 2.69 bits per heavy atom. The van der Waals surface area contributed by atoms with E-state index in [1.54, 1.807) is 4.80 Å². The SMILES string of the molecule is CN(Cc1cnn(C)n1)C1CN(c2ccc3nnc(C4CCC4)n3n2)C1. The molecule has 2 aliphatic rings. The molecule has 0 unspecified atom stereocenters. The Morgan fingerprint density at radius 2 is 2.00 bits per heavy atom. The van der Waals surface area contributed by atoms with Crippen LogP contribution in [0.5, 0.6) is 0 Å². The monoisotopic (exact) mass is 353 g/mol. The van der Waals surface area contributed by atoms with Gasteiger partial charge in [-0.1, -0.05) is 6.42 Å². The van der Waals surface area contributed by atoms with Gasteiger partial charge in [-0.15, -0.1) is 15.3 Å². The molecule has 9 heteroatoms. The second kappa shape index (κ2) is 6.01. The molecule has 1 saturated carbocycles. The molecule has 0 aromatic carbocycles. The van der Waals surface area contributed by atoms with Crippen molar-refractivity contribution in [3.63, 3.8) is 0 Å². The van der Waals surface area contributed by atoms with Crippen molar-refractivity contribution in [1.29, 1.82) is 0 Å². The maximum Gasteiger partial charge on any atom is 0.178 e. The fourth-order valence-corrected chi connectivity index (χ4v) is 3.65. The Labute approximate surface area is 151 Å². The van der Waals surface area contributed by atoms with Gasteiger partial charge in [0.2, 0.25) is 0 Å². The minimum absolute atomic E-state index is 0.501. The van der Waals surface area contributed by atoms with Crippen molar-refractivity contribution in [2.75, 3.05) is 25.0 Å². The van der Waals surface area contributed by atoms with E-state index in [0.717, 1.165) is 42.6 Å². The first-order valence-electron chi connectivity index (χ1n) is 9.20. The van der Waals surface area contributed by atoms with Crippen LogP contribution in [0, 0.1) is 0 Å².